The van der Waals surface area contributed by atoms with E-state index in [0.717, 1.165) is 37.3 Å². The molecule has 1 aliphatic heterocycles. The molecule has 4 nitrogen and oxygen atoms in total. The summed E-state index contributed by atoms with van der Waals surface area (Å²) < 4.78 is 0. The Morgan fingerprint density at radius 2 is 2.41 bits per heavy atom. The van der Waals surface area contributed by atoms with Crippen LogP contribution < -0.4 is 10.6 Å². The van der Waals surface area contributed by atoms with Gasteiger partial charge in [-0.2, -0.15) is 0 Å². The van der Waals surface area contributed by atoms with Gasteiger partial charge in [0.05, 0.1) is 16.8 Å². The lowest BCUT2D eigenvalue weighted by Gasteiger charge is -2.32. The van der Waals surface area contributed by atoms with Crippen LogP contribution in [0.5, 0.6) is 0 Å². The molecule has 0 aliphatic carbocycles. The van der Waals surface area contributed by atoms with Gasteiger partial charge >= 0.3 is 0 Å². The Hall–Kier alpha value is -1.42. The molecule has 2 rings (SSSR count). The van der Waals surface area contributed by atoms with Gasteiger partial charge < -0.3 is 10.6 Å². The summed E-state index contributed by atoms with van der Waals surface area (Å²) >= 11 is 0. The number of aryl methyl sites for hydroxylation is 1. The fraction of sp³-hybridized carbons (Fsp3) is 0.538. The van der Waals surface area contributed by atoms with E-state index in [1.807, 2.05) is 26.0 Å². The van der Waals surface area contributed by atoms with Crippen LogP contribution in [0, 0.1) is 12.3 Å². The van der Waals surface area contributed by atoms with Gasteiger partial charge in [-0.1, -0.05) is 0 Å². The van der Waals surface area contributed by atoms with Crippen LogP contribution in [0.25, 0.3) is 0 Å². The molecular weight excluding hydrogens is 214 g/mol. The van der Waals surface area contributed by atoms with Crippen molar-refractivity contribution in [3.63, 3.8) is 0 Å². The van der Waals surface area contributed by atoms with Crippen LogP contribution in [0.3, 0.4) is 0 Å². The number of piperidine rings is 1. The Kier molecular flexibility index (Phi) is 3.43. The van der Waals surface area contributed by atoms with Crippen LogP contribution in [0.2, 0.25) is 0 Å². The van der Waals surface area contributed by atoms with E-state index in [-0.39, 0.29) is 11.3 Å². The Morgan fingerprint density at radius 3 is 3.06 bits per heavy atom. The number of hydrogen-bond acceptors (Lipinski definition) is 3. The predicted octanol–water partition coefficient (Wildman–Crippen LogP) is 1.72. The van der Waals surface area contributed by atoms with Crippen LogP contribution in [0.15, 0.2) is 18.3 Å². The van der Waals surface area contributed by atoms with Gasteiger partial charge in [0.15, 0.2) is 0 Å². The number of aromatic nitrogens is 1. The van der Waals surface area contributed by atoms with Gasteiger partial charge in [0.2, 0.25) is 5.91 Å². The zero-order valence-corrected chi connectivity index (χ0v) is 10.4. The molecule has 1 aliphatic rings. The molecule has 17 heavy (non-hydrogen) atoms. The molecule has 0 radical (unpaired) electrons. The summed E-state index contributed by atoms with van der Waals surface area (Å²) in [5, 5.41) is 6.26. The number of amides is 1. The van der Waals surface area contributed by atoms with E-state index >= 15 is 0 Å². The Labute approximate surface area is 102 Å². The Morgan fingerprint density at radius 1 is 1.59 bits per heavy atom. The minimum atomic E-state index is -0.305. The SMILES string of the molecule is Cc1ncccc1NC(=O)C1(C)CCCNC1. The molecule has 0 bridgehead atoms. The van der Waals surface area contributed by atoms with Crippen molar-refractivity contribution < 1.29 is 4.79 Å². The number of carbonyl (C=O) groups excluding carboxylic acids is 1. The van der Waals surface area contributed by atoms with Gasteiger partial charge in [0.25, 0.3) is 0 Å². The van der Waals surface area contributed by atoms with Crippen molar-refractivity contribution >= 4 is 11.6 Å². The van der Waals surface area contributed by atoms with E-state index in [0.29, 0.717) is 0 Å². The number of carbonyl (C=O) groups is 1. The molecule has 1 fully saturated rings. The van der Waals surface area contributed by atoms with Crippen molar-refractivity contribution in [3.8, 4) is 0 Å². The number of nitrogens with zero attached hydrogens (tertiary/aromatic N) is 1. The van der Waals surface area contributed by atoms with E-state index < -0.39 is 0 Å². The summed E-state index contributed by atoms with van der Waals surface area (Å²) in [6, 6.07) is 3.73. The molecule has 2 N–H and O–H groups in total. The van der Waals surface area contributed by atoms with Crippen LogP contribution in [0.4, 0.5) is 5.69 Å². The molecule has 0 saturated carbocycles. The van der Waals surface area contributed by atoms with Crippen molar-refractivity contribution in [3.05, 3.63) is 24.0 Å². The second-order valence-electron chi connectivity index (χ2n) is 4.93. The summed E-state index contributed by atoms with van der Waals surface area (Å²) in [4.78, 5) is 16.4. The first kappa shape index (κ1) is 12.0. The maximum absolute atomic E-state index is 12.3. The van der Waals surface area contributed by atoms with E-state index in [4.69, 9.17) is 0 Å². The van der Waals surface area contributed by atoms with Gasteiger partial charge in [-0.15, -0.1) is 0 Å². The molecule has 0 aromatic carbocycles. The van der Waals surface area contributed by atoms with Crippen molar-refractivity contribution in [2.75, 3.05) is 18.4 Å². The lowest BCUT2D eigenvalue weighted by Crippen LogP contribution is -2.46. The zero-order valence-electron chi connectivity index (χ0n) is 10.4. The molecule has 1 saturated heterocycles. The first-order chi connectivity index (χ1) is 8.12. The highest BCUT2D eigenvalue weighted by atomic mass is 16.2. The topological polar surface area (TPSA) is 54.0 Å². The number of nitrogens with one attached hydrogen (secondary N) is 2. The molecule has 1 aromatic rings. The lowest BCUT2D eigenvalue weighted by atomic mass is 9.82. The van der Waals surface area contributed by atoms with E-state index in [9.17, 15) is 4.79 Å². The average Bonchev–Trinajstić information content (AvgIpc) is 2.33. The van der Waals surface area contributed by atoms with Crippen molar-refractivity contribution in [1.82, 2.24) is 10.3 Å². The summed E-state index contributed by atoms with van der Waals surface area (Å²) in [7, 11) is 0. The zero-order chi connectivity index (χ0) is 12.3. The van der Waals surface area contributed by atoms with Gasteiger partial charge in [-0.25, -0.2) is 0 Å². The molecule has 0 spiro atoms. The van der Waals surface area contributed by atoms with Crippen molar-refractivity contribution in [2.45, 2.75) is 26.7 Å². The monoisotopic (exact) mass is 233 g/mol. The maximum Gasteiger partial charge on any atom is 0.231 e. The van der Waals surface area contributed by atoms with E-state index in [1.54, 1.807) is 6.20 Å². The van der Waals surface area contributed by atoms with Crippen LogP contribution in [0.1, 0.15) is 25.5 Å². The van der Waals surface area contributed by atoms with Crippen LogP contribution in [-0.2, 0) is 4.79 Å². The highest BCUT2D eigenvalue weighted by Gasteiger charge is 2.34. The fourth-order valence-corrected chi connectivity index (χ4v) is 2.14. The maximum atomic E-state index is 12.3. The standard InChI is InChI=1S/C13H19N3O/c1-10-11(5-3-8-15-10)16-12(17)13(2)6-4-7-14-9-13/h3,5,8,14H,4,6-7,9H2,1-2H3,(H,16,17). The summed E-state index contributed by atoms with van der Waals surface area (Å²) in [6.07, 6.45) is 3.72. The molecule has 92 valence electrons. The second-order valence-corrected chi connectivity index (χ2v) is 4.93. The Balaban J connectivity index is 2.08. The molecule has 1 atom stereocenters. The second kappa shape index (κ2) is 4.84. The predicted molar refractivity (Wildman–Crippen MR) is 67.8 cm³/mol. The highest BCUT2D eigenvalue weighted by molar-refractivity contribution is 5.95. The lowest BCUT2D eigenvalue weighted by molar-refractivity contribution is -0.125. The first-order valence-corrected chi connectivity index (χ1v) is 6.06. The molecule has 1 unspecified atom stereocenters. The molecular formula is C13H19N3O. The largest absolute Gasteiger partial charge is 0.324 e. The molecule has 4 heteroatoms. The number of anilines is 1. The molecule has 1 amide bonds. The minimum absolute atomic E-state index is 0.0841. The normalized spacial score (nSPS) is 24.4. The number of pyridine rings is 1. The molecule has 1 aromatic heterocycles. The van der Waals surface area contributed by atoms with Gasteiger partial charge in [0, 0.05) is 12.7 Å². The summed E-state index contributed by atoms with van der Waals surface area (Å²) in [5.41, 5.74) is 1.36. The third-order valence-electron chi connectivity index (χ3n) is 3.40. The third-order valence-corrected chi connectivity index (χ3v) is 3.40. The van der Waals surface area contributed by atoms with Gasteiger partial charge in [-0.3, -0.25) is 9.78 Å². The quantitative estimate of drug-likeness (QED) is 0.817. The third kappa shape index (κ3) is 2.64. The number of rotatable bonds is 2. The Bertz CT molecular complexity index is 411. The smallest absolute Gasteiger partial charge is 0.231 e. The summed E-state index contributed by atoms with van der Waals surface area (Å²) in [5.74, 6) is 0.0841. The van der Waals surface area contributed by atoms with Crippen LogP contribution >= 0.6 is 0 Å². The first-order valence-electron chi connectivity index (χ1n) is 6.06. The summed E-state index contributed by atoms with van der Waals surface area (Å²) in [6.45, 7) is 5.67. The van der Waals surface area contributed by atoms with E-state index in [2.05, 4.69) is 15.6 Å². The average molecular weight is 233 g/mol. The van der Waals surface area contributed by atoms with Gasteiger partial charge in [-0.05, 0) is 45.4 Å². The van der Waals surface area contributed by atoms with Crippen LogP contribution in [-0.4, -0.2) is 24.0 Å². The van der Waals surface area contributed by atoms with Gasteiger partial charge in [0.1, 0.15) is 0 Å². The number of hydrogen-bond donors (Lipinski definition) is 2. The van der Waals surface area contributed by atoms with Crippen molar-refractivity contribution in [1.29, 1.82) is 0 Å². The highest BCUT2D eigenvalue weighted by Crippen LogP contribution is 2.27. The van der Waals surface area contributed by atoms with E-state index in [1.165, 1.54) is 0 Å². The fourth-order valence-electron chi connectivity index (χ4n) is 2.14. The molecule has 2 heterocycles. The minimum Gasteiger partial charge on any atom is -0.324 e. The van der Waals surface area contributed by atoms with Crippen molar-refractivity contribution in [2.24, 2.45) is 5.41 Å².